The van der Waals surface area contributed by atoms with Crippen molar-refractivity contribution in [1.29, 1.82) is 0 Å². The number of halogens is 3. The molecule has 0 saturated carbocycles. The Kier molecular flexibility index (Phi) is 6.51. The molecule has 2 aromatic heterocycles. The van der Waals surface area contributed by atoms with Gasteiger partial charge < -0.3 is 9.80 Å². The Morgan fingerprint density at radius 1 is 0.872 bits per heavy atom. The largest absolute Gasteiger partial charge is 0.416 e. The summed E-state index contributed by atoms with van der Waals surface area (Å²) in [6.07, 6.45) is -1.43. The Labute approximate surface area is 225 Å². The van der Waals surface area contributed by atoms with Gasteiger partial charge in [0, 0.05) is 73.4 Å². The Balaban J connectivity index is 1.09. The van der Waals surface area contributed by atoms with Gasteiger partial charge in [-0.15, -0.1) is 11.3 Å². The molecule has 0 aliphatic carbocycles. The van der Waals surface area contributed by atoms with E-state index in [1.807, 2.05) is 4.90 Å². The fourth-order valence-electron chi connectivity index (χ4n) is 5.03. The topological polar surface area (TPSA) is 82.5 Å². The van der Waals surface area contributed by atoms with E-state index in [0.717, 1.165) is 25.2 Å². The molecule has 0 atom stereocenters. The lowest BCUT2D eigenvalue weighted by atomic mass is 10.0. The highest BCUT2D eigenvalue weighted by atomic mass is 32.1. The maximum absolute atomic E-state index is 13.2. The van der Waals surface area contributed by atoms with E-state index in [9.17, 15) is 22.8 Å². The lowest BCUT2D eigenvalue weighted by Crippen LogP contribution is -2.64. The second-order valence-corrected chi connectivity index (χ2v) is 10.5. The molecule has 200 valence electrons. The van der Waals surface area contributed by atoms with E-state index >= 15 is 0 Å². The number of fused-ring (bicyclic) bond motifs is 1. The van der Waals surface area contributed by atoms with Crippen LogP contribution in [0, 0.1) is 0 Å². The van der Waals surface area contributed by atoms with Crippen molar-refractivity contribution >= 4 is 34.1 Å². The van der Waals surface area contributed by atoms with Crippen LogP contribution in [0.25, 0.3) is 22.2 Å². The van der Waals surface area contributed by atoms with Crippen LogP contribution in [0.5, 0.6) is 0 Å². The molecule has 2 amide bonds. The highest BCUT2D eigenvalue weighted by molar-refractivity contribution is 7.11. The van der Waals surface area contributed by atoms with Crippen LogP contribution >= 0.6 is 11.3 Å². The molecule has 2 saturated heterocycles. The summed E-state index contributed by atoms with van der Waals surface area (Å²) in [6, 6.07) is 10.2. The third kappa shape index (κ3) is 4.97. The van der Waals surface area contributed by atoms with Crippen LogP contribution in [0.3, 0.4) is 0 Å². The highest BCUT2D eigenvalue weighted by Crippen LogP contribution is 2.32. The first kappa shape index (κ1) is 25.4. The highest BCUT2D eigenvalue weighted by Gasteiger charge is 2.37. The van der Waals surface area contributed by atoms with Crippen molar-refractivity contribution in [3.05, 3.63) is 76.5 Å². The zero-order valence-corrected chi connectivity index (χ0v) is 21.5. The van der Waals surface area contributed by atoms with Crippen molar-refractivity contribution in [3.63, 3.8) is 0 Å². The van der Waals surface area contributed by atoms with Gasteiger partial charge in [0.2, 0.25) is 0 Å². The second kappa shape index (κ2) is 10.0. The average Bonchev–Trinajstić information content (AvgIpc) is 3.46. The van der Waals surface area contributed by atoms with Gasteiger partial charge in [0.1, 0.15) is 6.33 Å². The molecule has 0 unspecified atom stereocenters. The number of nitrogens with zero attached hydrogens (tertiary/aromatic N) is 6. The Bertz CT molecular complexity index is 1510. The van der Waals surface area contributed by atoms with E-state index in [-0.39, 0.29) is 17.9 Å². The molecular weight excluding hydrogens is 529 g/mol. The predicted octanol–water partition coefficient (Wildman–Crippen LogP) is 4.05. The van der Waals surface area contributed by atoms with E-state index in [0.29, 0.717) is 58.9 Å². The first-order chi connectivity index (χ1) is 18.8. The van der Waals surface area contributed by atoms with E-state index < -0.39 is 11.7 Å². The summed E-state index contributed by atoms with van der Waals surface area (Å²) in [6.45, 7) is 3.99. The number of piperazine rings is 1. The fraction of sp³-hybridized carbons (Fsp3) is 0.296. The van der Waals surface area contributed by atoms with Gasteiger partial charge in [-0.3, -0.25) is 14.5 Å². The van der Waals surface area contributed by atoms with Crippen LogP contribution in [0.15, 0.2) is 60.4 Å². The minimum absolute atomic E-state index is 0.0309. The summed E-state index contributed by atoms with van der Waals surface area (Å²) in [5, 5.41) is 2.96. The lowest BCUT2D eigenvalue weighted by Gasteiger charge is -2.48. The first-order valence-electron chi connectivity index (χ1n) is 12.4. The molecule has 39 heavy (non-hydrogen) atoms. The molecule has 0 radical (unpaired) electrons. The zero-order chi connectivity index (χ0) is 27.1. The number of amides is 2. The first-order valence-corrected chi connectivity index (χ1v) is 13.3. The number of benzene rings is 2. The number of carbonyl (C=O) groups excluding carboxylic acids is 2. The summed E-state index contributed by atoms with van der Waals surface area (Å²) in [4.78, 5) is 44.3. The molecule has 0 bridgehead atoms. The lowest BCUT2D eigenvalue weighted by molar-refractivity contribution is -0.137. The van der Waals surface area contributed by atoms with Gasteiger partial charge in [-0.05, 0) is 30.3 Å². The summed E-state index contributed by atoms with van der Waals surface area (Å²) in [5.74, 6) is -0.128. The molecule has 12 heteroatoms. The number of alkyl halides is 3. The van der Waals surface area contributed by atoms with Gasteiger partial charge >= 0.3 is 6.18 Å². The third-order valence-electron chi connectivity index (χ3n) is 7.25. The van der Waals surface area contributed by atoms with Gasteiger partial charge in [0.05, 0.1) is 16.8 Å². The minimum Gasteiger partial charge on any atom is -0.335 e. The van der Waals surface area contributed by atoms with Gasteiger partial charge in [-0.2, -0.15) is 13.2 Å². The molecule has 2 aliphatic heterocycles. The summed E-state index contributed by atoms with van der Waals surface area (Å²) < 4.78 is 38.8. The number of hydrogen-bond acceptors (Lipinski definition) is 7. The molecule has 4 aromatic rings. The van der Waals surface area contributed by atoms with Gasteiger partial charge in [0.15, 0.2) is 5.01 Å². The Hall–Kier alpha value is -3.90. The van der Waals surface area contributed by atoms with Crippen molar-refractivity contribution in [1.82, 2.24) is 29.7 Å². The molecule has 0 spiro atoms. The van der Waals surface area contributed by atoms with Crippen LogP contribution in [-0.4, -0.2) is 86.8 Å². The third-order valence-corrected chi connectivity index (χ3v) is 8.01. The normalized spacial score (nSPS) is 16.9. The average molecular weight is 553 g/mol. The molecule has 8 nitrogen and oxygen atoms in total. The number of aromatic nitrogens is 3. The quantitative estimate of drug-likeness (QED) is 0.380. The Morgan fingerprint density at radius 2 is 1.62 bits per heavy atom. The van der Waals surface area contributed by atoms with Crippen molar-refractivity contribution in [2.24, 2.45) is 0 Å². The predicted molar refractivity (Wildman–Crippen MR) is 139 cm³/mol. The van der Waals surface area contributed by atoms with E-state index in [4.69, 9.17) is 0 Å². The van der Waals surface area contributed by atoms with E-state index in [1.54, 1.807) is 34.7 Å². The standard InChI is InChI=1S/C27H23F3N6O2S/c28-27(29,30)19-4-1-17(2-5-19)23-21-6-3-18(13-22(21)32-16-33-23)25(37)36-14-20(15-36)34-8-10-35(11-9-34)26(38)24-31-7-12-39-24/h1-7,12-13,16,20H,8-11,14-15H2. The number of likely N-dealkylation sites (tertiary alicyclic amines) is 1. The number of hydrogen-bond donors (Lipinski definition) is 0. The van der Waals surface area contributed by atoms with Crippen molar-refractivity contribution in [2.75, 3.05) is 39.3 Å². The molecule has 4 heterocycles. The van der Waals surface area contributed by atoms with Crippen molar-refractivity contribution in [3.8, 4) is 11.3 Å². The number of rotatable bonds is 4. The molecule has 6 rings (SSSR count). The maximum Gasteiger partial charge on any atom is 0.416 e. The summed E-state index contributed by atoms with van der Waals surface area (Å²) in [7, 11) is 0. The number of carbonyl (C=O) groups is 2. The maximum atomic E-state index is 13.2. The molecule has 2 aromatic carbocycles. The van der Waals surface area contributed by atoms with Crippen LogP contribution in [-0.2, 0) is 6.18 Å². The number of thiazole rings is 1. The van der Waals surface area contributed by atoms with Gasteiger partial charge in [-0.25, -0.2) is 15.0 Å². The van der Waals surface area contributed by atoms with Gasteiger partial charge in [0.25, 0.3) is 11.8 Å². The minimum atomic E-state index is -4.41. The molecule has 0 N–H and O–H groups in total. The summed E-state index contributed by atoms with van der Waals surface area (Å²) >= 11 is 1.34. The smallest absolute Gasteiger partial charge is 0.335 e. The SMILES string of the molecule is O=C(c1ccc2c(-c3ccc(C(F)(F)F)cc3)ncnc2c1)N1CC(N2CCN(C(=O)c3nccs3)CC2)C1. The van der Waals surface area contributed by atoms with Crippen LogP contribution < -0.4 is 0 Å². The van der Waals surface area contributed by atoms with Gasteiger partial charge in [-0.1, -0.05) is 12.1 Å². The van der Waals surface area contributed by atoms with Crippen LogP contribution in [0.2, 0.25) is 0 Å². The monoisotopic (exact) mass is 552 g/mol. The van der Waals surface area contributed by atoms with Crippen LogP contribution in [0.1, 0.15) is 25.7 Å². The fourth-order valence-corrected chi connectivity index (χ4v) is 5.63. The molecular formula is C27H23F3N6O2S. The van der Waals surface area contributed by atoms with Crippen molar-refractivity contribution in [2.45, 2.75) is 12.2 Å². The van der Waals surface area contributed by atoms with Crippen LogP contribution in [0.4, 0.5) is 13.2 Å². The second-order valence-electron chi connectivity index (χ2n) is 9.56. The molecule has 2 fully saturated rings. The van der Waals surface area contributed by atoms with Crippen molar-refractivity contribution < 1.29 is 22.8 Å². The van der Waals surface area contributed by atoms with E-state index in [2.05, 4.69) is 19.9 Å². The molecule has 2 aliphatic rings. The Morgan fingerprint density at radius 3 is 2.28 bits per heavy atom. The summed E-state index contributed by atoms with van der Waals surface area (Å²) in [5.41, 5.74) is 1.36. The zero-order valence-electron chi connectivity index (χ0n) is 20.6. The van der Waals surface area contributed by atoms with E-state index in [1.165, 1.54) is 29.8 Å².